The number of aliphatic imine (C=N–C) groups is 1. The monoisotopic (exact) mass is 438 g/mol. The summed E-state index contributed by atoms with van der Waals surface area (Å²) in [6.45, 7) is 8.84. The van der Waals surface area contributed by atoms with E-state index in [-0.39, 0.29) is 24.0 Å². The van der Waals surface area contributed by atoms with Gasteiger partial charge in [-0.2, -0.15) is 0 Å². The molecule has 2 rings (SSSR count). The molecule has 0 aromatic carbocycles. The summed E-state index contributed by atoms with van der Waals surface area (Å²) < 4.78 is 5.49. The number of nitrogens with zero attached hydrogens (tertiary/aromatic N) is 2. The third-order valence-corrected chi connectivity index (χ3v) is 4.66. The summed E-state index contributed by atoms with van der Waals surface area (Å²) in [5.41, 5.74) is 0. The second-order valence-corrected chi connectivity index (χ2v) is 6.43. The molecule has 0 aliphatic carbocycles. The van der Waals surface area contributed by atoms with Crippen molar-refractivity contribution in [3.8, 4) is 0 Å². The zero-order chi connectivity index (χ0) is 15.1. The molecule has 2 unspecified atom stereocenters. The van der Waals surface area contributed by atoms with E-state index in [4.69, 9.17) is 4.74 Å². The number of rotatable bonds is 5. The molecule has 7 heteroatoms. The van der Waals surface area contributed by atoms with Crippen LogP contribution in [0.4, 0.5) is 0 Å². The number of hydrogen-bond donors (Lipinski definition) is 2. The molecule has 1 saturated heterocycles. The van der Waals surface area contributed by atoms with Crippen molar-refractivity contribution in [2.75, 3.05) is 33.4 Å². The Morgan fingerprint density at radius 2 is 2.36 bits per heavy atom. The summed E-state index contributed by atoms with van der Waals surface area (Å²) in [6.07, 6.45) is 0. The third kappa shape index (κ3) is 6.02. The van der Waals surface area contributed by atoms with Crippen molar-refractivity contribution in [2.24, 2.45) is 4.99 Å². The molecule has 5 nitrogen and oxygen atoms in total. The number of guanidine groups is 1. The van der Waals surface area contributed by atoms with Gasteiger partial charge in [0.25, 0.3) is 0 Å². The topological polar surface area (TPSA) is 48.9 Å². The molecule has 1 fully saturated rings. The number of thiophene rings is 1. The fourth-order valence-electron chi connectivity index (χ4n) is 2.56. The van der Waals surface area contributed by atoms with Crippen molar-refractivity contribution in [3.05, 3.63) is 22.4 Å². The molecule has 22 heavy (non-hydrogen) atoms. The predicted molar refractivity (Wildman–Crippen MR) is 104 cm³/mol. The van der Waals surface area contributed by atoms with Gasteiger partial charge in [0, 0.05) is 37.1 Å². The minimum atomic E-state index is 0. The summed E-state index contributed by atoms with van der Waals surface area (Å²) in [6, 6.07) is 5.14. The summed E-state index contributed by atoms with van der Waals surface area (Å²) in [7, 11) is 1.81. The van der Waals surface area contributed by atoms with E-state index in [1.54, 1.807) is 11.3 Å². The maximum atomic E-state index is 5.49. The lowest BCUT2D eigenvalue weighted by Crippen LogP contribution is -2.52. The van der Waals surface area contributed by atoms with Crippen molar-refractivity contribution in [3.63, 3.8) is 0 Å². The first-order valence-electron chi connectivity index (χ1n) is 7.51. The zero-order valence-electron chi connectivity index (χ0n) is 13.5. The first-order valence-corrected chi connectivity index (χ1v) is 8.39. The first-order chi connectivity index (χ1) is 10.2. The van der Waals surface area contributed by atoms with Crippen LogP contribution < -0.4 is 10.6 Å². The maximum absolute atomic E-state index is 5.49. The molecule has 1 aromatic rings. The molecule has 2 atom stereocenters. The first kappa shape index (κ1) is 19.7. The highest BCUT2D eigenvalue weighted by molar-refractivity contribution is 14.0. The summed E-state index contributed by atoms with van der Waals surface area (Å²) in [4.78, 5) is 8.08. The van der Waals surface area contributed by atoms with E-state index in [1.165, 1.54) is 4.88 Å². The van der Waals surface area contributed by atoms with E-state index in [0.29, 0.717) is 12.1 Å². The van der Waals surface area contributed by atoms with Gasteiger partial charge in [0.05, 0.1) is 19.8 Å². The van der Waals surface area contributed by atoms with Crippen molar-refractivity contribution in [1.29, 1.82) is 0 Å². The van der Waals surface area contributed by atoms with Crippen LogP contribution in [0.5, 0.6) is 0 Å². The number of hydrogen-bond acceptors (Lipinski definition) is 4. The zero-order valence-corrected chi connectivity index (χ0v) is 16.7. The third-order valence-electron chi connectivity index (χ3n) is 3.78. The highest BCUT2D eigenvalue weighted by Crippen LogP contribution is 2.10. The molecular formula is C15H27IN4OS. The van der Waals surface area contributed by atoms with Gasteiger partial charge in [-0.05, 0) is 25.3 Å². The summed E-state index contributed by atoms with van der Waals surface area (Å²) in [5, 5.41) is 8.85. The second kappa shape index (κ2) is 10.4. The van der Waals surface area contributed by atoms with Gasteiger partial charge in [-0.15, -0.1) is 35.3 Å². The Bertz CT molecular complexity index is 441. The van der Waals surface area contributed by atoms with Crippen LogP contribution in [-0.2, 0) is 11.3 Å². The fourth-order valence-corrected chi connectivity index (χ4v) is 3.21. The molecule has 1 aliphatic rings. The van der Waals surface area contributed by atoms with Crippen LogP contribution in [0, 0.1) is 0 Å². The quantitative estimate of drug-likeness (QED) is 0.420. The molecular weight excluding hydrogens is 411 g/mol. The SMILES string of the molecule is CN=C(NCc1cccs1)NCC(C)N1CCOCC1C.I. The molecule has 126 valence electrons. The van der Waals surface area contributed by atoms with Crippen LogP contribution >= 0.6 is 35.3 Å². The Hall–Kier alpha value is -0.380. The number of nitrogens with one attached hydrogen (secondary N) is 2. The smallest absolute Gasteiger partial charge is 0.191 e. The predicted octanol–water partition coefficient (Wildman–Crippen LogP) is 2.14. The average molecular weight is 438 g/mol. The Morgan fingerprint density at radius 3 is 3.00 bits per heavy atom. The molecule has 0 bridgehead atoms. The summed E-state index contributed by atoms with van der Waals surface area (Å²) >= 11 is 1.76. The summed E-state index contributed by atoms with van der Waals surface area (Å²) in [5.74, 6) is 0.858. The molecule has 2 heterocycles. The van der Waals surface area contributed by atoms with E-state index in [2.05, 4.69) is 51.9 Å². The number of morpholine rings is 1. The minimum absolute atomic E-state index is 0. The molecule has 1 aromatic heterocycles. The largest absolute Gasteiger partial charge is 0.379 e. The Morgan fingerprint density at radius 1 is 1.55 bits per heavy atom. The maximum Gasteiger partial charge on any atom is 0.191 e. The van der Waals surface area contributed by atoms with Crippen LogP contribution in [0.2, 0.25) is 0 Å². The highest BCUT2D eigenvalue weighted by Gasteiger charge is 2.23. The van der Waals surface area contributed by atoms with Crippen molar-refractivity contribution < 1.29 is 4.74 Å². The molecule has 0 amide bonds. The molecule has 0 spiro atoms. The van der Waals surface area contributed by atoms with Crippen LogP contribution in [0.1, 0.15) is 18.7 Å². The Balaban J connectivity index is 0.00000242. The second-order valence-electron chi connectivity index (χ2n) is 5.40. The molecule has 0 radical (unpaired) electrons. The van der Waals surface area contributed by atoms with E-state index in [1.807, 2.05) is 7.05 Å². The van der Waals surface area contributed by atoms with Crippen molar-refractivity contribution in [2.45, 2.75) is 32.5 Å². The van der Waals surface area contributed by atoms with E-state index in [0.717, 1.165) is 38.8 Å². The lowest BCUT2D eigenvalue weighted by molar-refractivity contribution is -0.0174. The highest BCUT2D eigenvalue weighted by atomic mass is 127. The van der Waals surface area contributed by atoms with Gasteiger partial charge >= 0.3 is 0 Å². The van der Waals surface area contributed by atoms with Gasteiger partial charge in [0.15, 0.2) is 5.96 Å². The van der Waals surface area contributed by atoms with E-state index in [9.17, 15) is 0 Å². The average Bonchev–Trinajstić information content (AvgIpc) is 3.01. The molecule has 0 saturated carbocycles. The standard InChI is InChI=1S/C15H26N4OS.HI/c1-12(19-6-7-20-11-13(19)2)9-17-15(16-3)18-10-14-5-4-8-21-14;/h4-5,8,12-13H,6-7,9-11H2,1-3H3,(H2,16,17,18);1H. The molecule has 1 aliphatic heterocycles. The van der Waals surface area contributed by atoms with Crippen LogP contribution in [0.25, 0.3) is 0 Å². The number of ether oxygens (including phenoxy) is 1. The van der Waals surface area contributed by atoms with Gasteiger partial charge in [-0.1, -0.05) is 6.07 Å². The normalized spacial score (nSPS) is 21.0. The van der Waals surface area contributed by atoms with E-state index < -0.39 is 0 Å². The Kier molecular flexibility index (Phi) is 9.30. The van der Waals surface area contributed by atoms with Gasteiger partial charge in [-0.25, -0.2) is 0 Å². The lowest BCUT2D eigenvalue weighted by atomic mass is 10.2. The van der Waals surface area contributed by atoms with Gasteiger partial charge in [0.2, 0.25) is 0 Å². The van der Waals surface area contributed by atoms with Crippen LogP contribution in [0.15, 0.2) is 22.5 Å². The van der Waals surface area contributed by atoms with Crippen LogP contribution in [-0.4, -0.2) is 56.3 Å². The fraction of sp³-hybridized carbons (Fsp3) is 0.667. The lowest BCUT2D eigenvalue weighted by Gasteiger charge is -2.38. The number of halogens is 1. The van der Waals surface area contributed by atoms with Gasteiger partial charge in [-0.3, -0.25) is 9.89 Å². The van der Waals surface area contributed by atoms with Crippen molar-refractivity contribution in [1.82, 2.24) is 15.5 Å². The Labute approximate surface area is 154 Å². The van der Waals surface area contributed by atoms with Crippen molar-refractivity contribution >= 4 is 41.3 Å². The van der Waals surface area contributed by atoms with E-state index >= 15 is 0 Å². The van der Waals surface area contributed by atoms with Gasteiger partial charge < -0.3 is 15.4 Å². The molecule has 2 N–H and O–H groups in total. The van der Waals surface area contributed by atoms with Gasteiger partial charge in [0.1, 0.15) is 0 Å². The minimum Gasteiger partial charge on any atom is -0.379 e. The van der Waals surface area contributed by atoms with Crippen LogP contribution in [0.3, 0.4) is 0 Å².